The Bertz CT molecular complexity index is 399. The second-order valence-electron chi connectivity index (χ2n) is 3.36. The first-order valence-corrected chi connectivity index (χ1v) is 5.75. The molecule has 4 heteroatoms. The molecule has 16 heavy (non-hydrogen) atoms. The summed E-state index contributed by atoms with van der Waals surface area (Å²) in [5.41, 5.74) is 2.40. The number of hydrogen-bond acceptors (Lipinski definition) is 2. The smallest absolute Gasteiger partial charge is 0.123 e. The first-order chi connectivity index (χ1) is 7.34. The Morgan fingerprint density at radius 3 is 2.31 bits per heavy atom. The van der Waals surface area contributed by atoms with Crippen LogP contribution in [0.4, 0.5) is 4.39 Å². The van der Waals surface area contributed by atoms with E-state index in [1.54, 1.807) is 23.5 Å². The molecule has 0 bridgehead atoms. The van der Waals surface area contributed by atoms with E-state index in [0.717, 1.165) is 18.7 Å². The van der Waals surface area contributed by atoms with Crippen LogP contribution in [-0.2, 0) is 13.1 Å². The van der Waals surface area contributed by atoms with E-state index in [4.69, 9.17) is 0 Å². The van der Waals surface area contributed by atoms with Gasteiger partial charge in [0.25, 0.3) is 0 Å². The van der Waals surface area contributed by atoms with Crippen LogP contribution in [0, 0.1) is 5.82 Å². The van der Waals surface area contributed by atoms with E-state index in [9.17, 15) is 4.39 Å². The van der Waals surface area contributed by atoms with Gasteiger partial charge in [-0.2, -0.15) is 11.3 Å². The Hall–Kier alpha value is -0.900. The normalized spacial score (nSPS) is 9.81. The Morgan fingerprint density at radius 2 is 1.69 bits per heavy atom. The zero-order chi connectivity index (χ0) is 10.5. The van der Waals surface area contributed by atoms with Crippen LogP contribution < -0.4 is 5.32 Å². The minimum Gasteiger partial charge on any atom is -0.309 e. The Kier molecular flexibility index (Phi) is 5.46. The van der Waals surface area contributed by atoms with Gasteiger partial charge in [-0.1, -0.05) is 12.1 Å². The van der Waals surface area contributed by atoms with E-state index in [-0.39, 0.29) is 18.2 Å². The topological polar surface area (TPSA) is 12.0 Å². The van der Waals surface area contributed by atoms with Crippen molar-refractivity contribution in [1.82, 2.24) is 5.32 Å². The quantitative estimate of drug-likeness (QED) is 0.883. The van der Waals surface area contributed by atoms with Gasteiger partial charge in [-0.05, 0) is 40.1 Å². The van der Waals surface area contributed by atoms with Crippen molar-refractivity contribution in [3.63, 3.8) is 0 Å². The lowest BCUT2D eigenvalue weighted by Crippen LogP contribution is -2.11. The fourth-order valence-corrected chi connectivity index (χ4v) is 2.02. The monoisotopic (exact) mass is 257 g/mol. The van der Waals surface area contributed by atoms with Crippen molar-refractivity contribution in [3.8, 4) is 0 Å². The van der Waals surface area contributed by atoms with E-state index in [1.807, 2.05) is 0 Å². The van der Waals surface area contributed by atoms with Crippen LogP contribution >= 0.6 is 23.7 Å². The summed E-state index contributed by atoms with van der Waals surface area (Å²) in [5, 5.41) is 7.49. The predicted octanol–water partition coefficient (Wildman–Crippen LogP) is 3.60. The van der Waals surface area contributed by atoms with Gasteiger partial charge in [0.05, 0.1) is 0 Å². The third kappa shape index (κ3) is 3.93. The van der Waals surface area contributed by atoms with Gasteiger partial charge in [0, 0.05) is 13.1 Å². The minimum atomic E-state index is -0.184. The van der Waals surface area contributed by atoms with Crippen LogP contribution in [0.25, 0.3) is 0 Å². The van der Waals surface area contributed by atoms with Crippen molar-refractivity contribution in [2.45, 2.75) is 13.1 Å². The second-order valence-corrected chi connectivity index (χ2v) is 4.14. The van der Waals surface area contributed by atoms with Crippen molar-refractivity contribution < 1.29 is 4.39 Å². The molecule has 0 aliphatic rings. The summed E-state index contributed by atoms with van der Waals surface area (Å²) in [7, 11) is 0. The number of nitrogens with one attached hydrogen (secondary N) is 1. The van der Waals surface area contributed by atoms with E-state index in [0.29, 0.717) is 0 Å². The number of hydrogen-bond donors (Lipinski definition) is 1. The number of thiophene rings is 1. The number of halogens is 2. The van der Waals surface area contributed by atoms with Crippen molar-refractivity contribution in [2.24, 2.45) is 0 Å². The molecule has 1 aromatic heterocycles. The molecule has 0 spiro atoms. The zero-order valence-electron chi connectivity index (χ0n) is 8.65. The molecule has 2 aromatic rings. The van der Waals surface area contributed by atoms with Crippen molar-refractivity contribution in [3.05, 3.63) is 58.0 Å². The maximum Gasteiger partial charge on any atom is 0.123 e. The summed E-state index contributed by atoms with van der Waals surface area (Å²) in [6.45, 7) is 1.64. The molecule has 1 heterocycles. The standard InChI is InChI=1S/C12H12FNS.ClH/c13-12-3-1-10(2-4-12)7-14-8-11-5-6-15-9-11;/h1-6,9,14H,7-8H2;1H. The SMILES string of the molecule is Cl.Fc1ccc(CNCc2ccsc2)cc1. The molecule has 86 valence electrons. The van der Waals surface area contributed by atoms with Crippen LogP contribution in [0.2, 0.25) is 0 Å². The molecule has 0 aliphatic carbocycles. The molecule has 0 amide bonds. The maximum atomic E-state index is 12.6. The minimum absolute atomic E-state index is 0. The number of benzene rings is 1. The van der Waals surface area contributed by atoms with Gasteiger partial charge in [-0.3, -0.25) is 0 Å². The fraction of sp³-hybridized carbons (Fsp3) is 0.167. The highest BCUT2D eigenvalue weighted by atomic mass is 35.5. The van der Waals surface area contributed by atoms with Gasteiger partial charge in [0.1, 0.15) is 5.82 Å². The van der Waals surface area contributed by atoms with E-state index < -0.39 is 0 Å². The molecular weight excluding hydrogens is 245 g/mol. The summed E-state index contributed by atoms with van der Waals surface area (Å²) < 4.78 is 12.6. The highest BCUT2D eigenvalue weighted by molar-refractivity contribution is 7.07. The molecule has 1 N–H and O–H groups in total. The lowest BCUT2D eigenvalue weighted by molar-refractivity contribution is 0.625. The van der Waals surface area contributed by atoms with Crippen molar-refractivity contribution in [2.75, 3.05) is 0 Å². The third-order valence-electron chi connectivity index (χ3n) is 2.15. The molecule has 1 nitrogen and oxygen atoms in total. The molecule has 0 aliphatic heterocycles. The van der Waals surface area contributed by atoms with Crippen LogP contribution in [0.5, 0.6) is 0 Å². The van der Waals surface area contributed by atoms with Gasteiger partial charge in [-0.15, -0.1) is 12.4 Å². The molecule has 0 fully saturated rings. The fourth-order valence-electron chi connectivity index (χ4n) is 1.35. The average molecular weight is 258 g/mol. The van der Waals surface area contributed by atoms with Crippen LogP contribution in [0.15, 0.2) is 41.1 Å². The van der Waals surface area contributed by atoms with E-state index in [2.05, 4.69) is 22.1 Å². The van der Waals surface area contributed by atoms with Gasteiger partial charge in [0.2, 0.25) is 0 Å². The summed E-state index contributed by atoms with van der Waals surface area (Å²) in [6, 6.07) is 8.68. The summed E-state index contributed by atoms with van der Waals surface area (Å²) in [4.78, 5) is 0. The molecular formula is C12H13ClFNS. The average Bonchev–Trinajstić information content (AvgIpc) is 2.74. The molecule has 0 radical (unpaired) electrons. The molecule has 2 rings (SSSR count). The zero-order valence-corrected chi connectivity index (χ0v) is 10.3. The van der Waals surface area contributed by atoms with Gasteiger partial charge >= 0.3 is 0 Å². The van der Waals surface area contributed by atoms with Gasteiger partial charge in [-0.25, -0.2) is 4.39 Å². The summed E-state index contributed by atoms with van der Waals surface area (Å²) in [6.07, 6.45) is 0. The number of rotatable bonds is 4. The molecule has 0 unspecified atom stereocenters. The second kappa shape index (κ2) is 6.63. The molecule has 0 saturated heterocycles. The highest BCUT2D eigenvalue weighted by Crippen LogP contribution is 2.06. The Balaban J connectivity index is 0.00000128. The van der Waals surface area contributed by atoms with E-state index in [1.165, 1.54) is 17.7 Å². The highest BCUT2D eigenvalue weighted by Gasteiger charge is 1.95. The first-order valence-electron chi connectivity index (χ1n) is 4.81. The van der Waals surface area contributed by atoms with E-state index >= 15 is 0 Å². The summed E-state index contributed by atoms with van der Waals surface area (Å²) >= 11 is 1.70. The van der Waals surface area contributed by atoms with Crippen molar-refractivity contribution in [1.29, 1.82) is 0 Å². The van der Waals surface area contributed by atoms with Gasteiger partial charge in [0.15, 0.2) is 0 Å². The molecule has 0 atom stereocenters. The Labute approximate surface area is 105 Å². The Morgan fingerprint density at radius 1 is 1.00 bits per heavy atom. The van der Waals surface area contributed by atoms with Crippen molar-refractivity contribution >= 4 is 23.7 Å². The summed E-state index contributed by atoms with van der Waals surface area (Å²) in [5.74, 6) is -0.184. The molecule has 1 aromatic carbocycles. The maximum absolute atomic E-state index is 12.6. The van der Waals surface area contributed by atoms with Gasteiger partial charge < -0.3 is 5.32 Å². The van der Waals surface area contributed by atoms with Crippen LogP contribution in [0.1, 0.15) is 11.1 Å². The first kappa shape index (κ1) is 13.2. The molecule has 0 saturated carbocycles. The predicted molar refractivity (Wildman–Crippen MR) is 68.5 cm³/mol. The van der Waals surface area contributed by atoms with Crippen LogP contribution in [-0.4, -0.2) is 0 Å². The lowest BCUT2D eigenvalue weighted by Gasteiger charge is -2.03. The lowest BCUT2D eigenvalue weighted by atomic mass is 10.2. The largest absolute Gasteiger partial charge is 0.309 e. The third-order valence-corrected chi connectivity index (χ3v) is 2.88. The van der Waals surface area contributed by atoms with Crippen LogP contribution in [0.3, 0.4) is 0 Å².